The van der Waals surface area contributed by atoms with Crippen LogP contribution in [0, 0.1) is 11.8 Å². The summed E-state index contributed by atoms with van der Waals surface area (Å²) in [6.45, 7) is 0. The summed E-state index contributed by atoms with van der Waals surface area (Å²) in [5.74, 6) is -8.31. The molecule has 12 nitrogen and oxygen atoms in total. The number of carboxylic acids is 2. The molecule has 4 atom stereocenters. The van der Waals surface area contributed by atoms with Crippen molar-refractivity contribution in [2.45, 2.75) is 30.8 Å². The minimum absolute atomic E-state index is 0.429. The lowest BCUT2D eigenvalue weighted by molar-refractivity contribution is -0.163. The molecule has 0 aliphatic heterocycles. The van der Waals surface area contributed by atoms with Gasteiger partial charge in [0.2, 0.25) is 0 Å². The smallest absolute Gasteiger partial charge is 0.330 e. The van der Waals surface area contributed by atoms with Crippen LogP contribution in [0.15, 0.2) is 0 Å². The maximum Gasteiger partial charge on any atom is 0.330 e. The van der Waals surface area contributed by atoms with E-state index in [1.165, 1.54) is 0 Å². The molecule has 0 bridgehead atoms. The molecule has 25 heavy (non-hydrogen) atoms. The molecule has 0 aromatic heterocycles. The first-order valence-corrected chi connectivity index (χ1v) is 8.88. The Balaban J connectivity index is 2.72. The van der Waals surface area contributed by atoms with Crippen LogP contribution in [0.5, 0.6) is 0 Å². The molecule has 1 rings (SSSR count). The first kappa shape index (κ1) is 21.2. The quantitative estimate of drug-likeness (QED) is 0.157. The Morgan fingerprint density at radius 1 is 1.24 bits per heavy atom. The lowest BCUT2D eigenvalue weighted by Crippen LogP contribution is -2.53. The zero-order chi connectivity index (χ0) is 19.6. The molecule has 0 heterocycles. The van der Waals surface area contributed by atoms with E-state index in [0.29, 0.717) is 0 Å². The Kier molecular flexibility index (Phi) is 6.43. The molecule has 1 aliphatic rings. The molecule has 0 aromatic rings. The Bertz CT molecular complexity index is 631. The molecular formula is C12H19N2O10P. The molecule has 13 heteroatoms. The first-order chi connectivity index (χ1) is 11.3. The molecule has 0 saturated heterocycles. The predicted molar refractivity (Wildman–Crippen MR) is 79.0 cm³/mol. The second-order valence-electron chi connectivity index (χ2n) is 5.90. The standard InChI is InChI=1S/C12H19N2O10P/c13-7(1-2-25(21,22)23)10(18)24-9(17)5-3-6(8(15)16)12(14,4-5)11(19)20/h5-7H,1-4,13-14H2,(H,15,16)(H,19,20)(H2,21,22,23). The highest BCUT2D eigenvalue weighted by Crippen LogP contribution is 2.39. The van der Waals surface area contributed by atoms with Crippen molar-refractivity contribution >= 4 is 31.5 Å². The van der Waals surface area contributed by atoms with Crippen molar-refractivity contribution in [2.75, 3.05) is 6.16 Å². The van der Waals surface area contributed by atoms with Crippen molar-refractivity contribution in [3.05, 3.63) is 0 Å². The third kappa shape index (κ3) is 5.31. The lowest BCUT2D eigenvalue weighted by atomic mass is 9.88. The van der Waals surface area contributed by atoms with Gasteiger partial charge in [0.1, 0.15) is 11.6 Å². The number of hydrogen-bond acceptors (Lipinski definition) is 8. The van der Waals surface area contributed by atoms with Gasteiger partial charge in [0.05, 0.1) is 18.0 Å². The Morgan fingerprint density at radius 2 is 1.80 bits per heavy atom. The predicted octanol–water partition coefficient (Wildman–Crippen LogP) is -2.16. The molecule has 1 saturated carbocycles. The van der Waals surface area contributed by atoms with Crippen molar-refractivity contribution in [3.63, 3.8) is 0 Å². The number of hydrogen-bond donors (Lipinski definition) is 6. The van der Waals surface area contributed by atoms with Crippen molar-refractivity contribution in [1.82, 2.24) is 0 Å². The Morgan fingerprint density at radius 3 is 2.20 bits per heavy atom. The average molecular weight is 382 g/mol. The van der Waals surface area contributed by atoms with Crippen LogP contribution < -0.4 is 11.5 Å². The summed E-state index contributed by atoms with van der Waals surface area (Å²) in [4.78, 5) is 63.4. The molecule has 142 valence electrons. The van der Waals surface area contributed by atoms with Crippen LogP contribution in [0.3, 0.4) is 0 Å². The third-order valence-corrected chi connectivity index (χ3v) is 4.83. The fourth-order valence-corrected chi connectivity index (χ4v) is 3.16. The second kappa shape index (κ2) is 7.58. The van der Waals surface area contributed by atoms with Crippen LogP contribution in [-0.4, -0.2) is 61.6 Å². The topological polar surface area (TPSA) is 228 Å². The Labute approximate surface area is 141 Å². The minimum Gasteiger partial charge on any atom is -0.481 e. The number of rotatable bonds is 7. The third-order valence-electron chi connectivity index (χ3n) is 3.99. The molecular weight excluding hydrogens is 363 g/mol. The molecule has 0 amide bonds. The van der Waals surface area contributed by atoms with Gasteiger partial charge >= 0.3 is 31.5 Å². The summed E-state index contributed by atoms with van der Waals surface area (Å²) in [6.07, 6.45) is -2.09. The van der Waals surface area contributed by atoms with E-state index in [1.807, 2.05) is 0 Å². The van der Waals surface area contributed by atoms with Crippen molar-refractivity contribution < 1.29 is 48.5 Å². The number of ether oxygens (including phenoxy) is 1. The van der Waals surface area contributed by atoms with E-state index in [2.05, 4.69) is 4.74 Å². The van der Waals surface area contributed by atoms with E-state index in [0.717, 1.165) is 0 Å². The molecule has 1 aliphatic carbocycles. The number of carbonyl (C=O) groups excluding carboxylic acids is 2. The van der Waals surface area contributed by atoms with E-state index in [4.69, 9.17) is 31.5 Å². The number of carbonyl (C=O) groups is 4. The van der Waals surface area contributed by atoms with Gasteiger partial charge in [-0.05, 0) is 19.3 Å². The van der Waals surface area contributed by atoms with Crippen molar-refractivity contribution in [2.24, 2.45) is 23.3 Å². The SMILES string of the molecule is NC(CCP(=O)(O)O)C(=O)OC(=O)C1CC(C(=O)O)C(N)(C(=O)O)C1. The van der Waals surface area contributed by atoms with Crippen molar-refractivity contribution in [3.8, 4) is 0 Å². The number of aliphatic carboxylic acids is 2. The van der Waals surface area contributed by atoms with Crippen LogP contribution in [-0.2, 0) is 28.5 Å². The van der Waals surface area contributed by atoms with E-state index >= 15 is 0 Å². The van der Waals surface area contributed by atoms with Gasteiger partial charge in [0.15, 0.2) is 0 Å². The summed E-state index contributed by atoms with van der Waals surface area (Å²) in [5, 5.41) is 18.2. The average Bonchev–Trinajstić information content (AvgIpc) is 2.83. The Hall–Kier alpha value is -1.85. The summed E-state index contributed by atoms with van der Waals surface area (Å²) in [6, 6.07) is -1.48. The van der Waals surface area contributed by atoms with Crippen LogP contribution in [0.2, 0.25) is 0 Å². The summed E-state index contributed by atoms with van der Waals surface area (Å²) in [5.41, 5.74) is 8.76. The second-order valence-corrected chi connectivity index (χ2v) is 7.67. The van der Waals surface area contributed by atoms with E-state index in [-0.39, 0.29) is 0 Å². The van der Waals surface area contributed by atoms with Crippen LogP contribution in [0.25, 0.3) is 0 Å². The van der Waals surface area contributed by atoms with E-state index < -0.39 is 80.3 Å². The zero-order valence-corrected chi connectivity index (χ0v) is 13.8. The minimum atomic E-state index is -4.38. The van der Waals surface area contributed by atoms with Gasteiger partial charge in [-0.1, -0.05) is 0 Å². The molecule has 0 radical (unpaired) electrons. The lowest BCUT2D eigenvalue weighted by Gasteiger charge is -2.23. The summed E-state index contributed by atoms with van der Waals surface area (Å²) < 4.78 is 15.2. The van der Waals surface area contributed by atoms with Gasteiger partial charge < -0.3 is 36.2 Å². The summed E-state index contributed by atoms with van der Waals surface area (Å²) in [7, 11) is -4.38. The molecule has 0 spiro atoms. The van der Waals surface area contributed by atoms with Crippen LogP contribution >= 0.6 is 7.60 Å². The fourth-order valence-electron chi connectivity index (χ4n) is 2.55. The van der Waals surface area contributed by atoms with Crippen LogP contribution in [0.1, 0.15) is 19.3 Å². The first-order valence-electron chi connectivity index (χ1n) is 7.08. The highest BCUT2D eigenvalue weighted by molar-refractivity contribution is 7.51. The molecule has 4 unspecified atom stereocenters. The van der Waals surface area contributed by atoms with Gasteiger partial charge in [-0.3, -0.25) is 18.9 Å². The van der Waals surface area contributed by atoms with Gasteiger partial charge in [-0.15, -0.1) is 0 Å². The van der Waals surface area contributed by atoms with E-state index in [9.17, 15) is 23.7 Å². The molecule has 0 aromatic carbocycles. The monoisotopic (exact) mass is 382 g/mol. The largest absolute Gasteiger partial charge is 0.481 e. The maximum atomic E-state index is 11.9. The maximum absolute atomic E-state index is 11.9. The van der Waals surface area contributed by atoms with Crippen molar-refractivity contribution in [1.29, 1.82) is 0 Å². The van der Waals surface area contributed by atoms with Gasteiger partial charge in [0, 0.05) is 0 Å². The highest BCUT2D eigenvalue weighted by atomic mass is 31.2. The van der Waals surface area contributed by atoms with E-state index in [1.54, 1.807) is 0 Å². The molecule has 8 N–H and O–H groups in total. The molecule has 1 fully saturated rings. The van der Waals surface area contributed by atoms with Crippen LogP contribution in [0.4, 0.5) is 0 Å². The summed E-state index contributed by atoms with van der Waals surface area (Å²) >= 11 is 0. The zero-order valence-electron chi connectivity index (χ0n) is 12.9. The normalized spacial score (nSPS) is 27.5. The van der Waals surface area contributed by atoms with Gasteiger partial charge in [-0.25, -0.2) is 4.79 Å². The number of carboxylic acid groups (broad SMARTS) is 2. The highest BCUT2D eigenvalue weighted by Gasteiger charge is 2.56. The number of nitrogens with two attached hydrogens (primary N) is 2. The van der Waals surface area contributed by atoms with Gasteiger partial charge in [-0.2, -0.15) is 0 Å². The fraction of sp³-hybridized carbons (Fsp3) is 0.667. The van der Waals surface area contributed by atoms with Gasteiger partial charge in [0.25, 0.3) is 0 Å². The number of esters is 2.